The van der Waals surface area contributed by atoms with E-state index in [0.717, 1.165) is 33.8 Å². The summed E-state index contributed by atoms with van der Waals surface area (Å²) in [5.41, 5.74) is 5.36. The van der Waals surface area contributed by atoms with Crippen LogP contribution in [0.15, 0.2) is 100 Å². The first kappa shape index (κ1) is 21.9. The van der Waals surface area contributed by atoms with E-state index in [4.69, 9.17) is 12.2 Å². The Morgan fingerprint density at radius 1 is 0.906 bits per heavy atom. The topological polar surface area (TPSA) is 45.0 Å². The Morgan fingerprint density at radius 2 is 1.66 bits per heavy atom. The molecule has 3 aromatic rings. The van der Waals surface area contributed by atoms with Crippen LogP contribution in [0.4, 0.5) is 17.1 Å². The third-order valence-corrected chi connectivity index (χ3v) is 6.26. The lowest BCUT2D eigenvalue weighted by Crippen LogP contribution is -2.28. The molecule has 0 aromatic heterocycles. The summed E-state index contributed by atoms with van der Waals surface area (Å²) in [7, 11) is 0. The van der Waals surface area contributed by atoms with Crippen molar-refractivity contribution in [1.29, 1.82) is 0 Å². The van der Waals surface area contributed by atoms with Crippen LogP contribution >= 0.6 is 24.0 Å². The van der Waals surface area contributed by atoms with Gasteiger partial charge in [-0.05, 0) is 60.9 Å². The lowest BCUT2D eigenvalue weighted by molar-refractivity contribution is -0.113. The molecule has 0 saturated carbocycles. The van der Waals surface area contributed by atoms with Crippen LogP contribution in [0.5, 0.6) is 0 Å². The zero-order valence-corrected chi connectivity index (χ0v) is 19.4. The van der Waals surface area contributed by atoms with E-state index < -0.39 is 0 Å². The van der Waals surface area contributed by atoms with E-state index in [-0.39, 0.29) is 5.91 Å². The molecule has 0 atom stereocenters. The molecule has 0 N–H and O–H groups in total. The van der Waals surface area contributed by atoms with Crippen LogP contribution in [-0.2, 0) is 4.79 Å². The Labute approximate surface area is 197 Å². The van der Waals surface area contributed by atoms with Gasteiger partial charge in [0.05, 0.1) is 22.0 Å². The number of thiocarbonyl (C=S) groups is 1. The number of hydrogen-bond acceptors (Lipinski definition) is 5. The number of carbonyl (C=O) groups excluding carboxylic acids is 1. The van der Waals surface area contributed by atoms with Crippen LogP contribution < -0.4 is 4.90 Å². The molecule has 0 spiro atoms. The first-order valence-corrected chi connectivity index (χ1v) is 11.3. The van der Waals surface area contributed by atoms with Gasteiger partial charge in [0.2, 0.25) is 0 Å². The van der Waals surface area contributed by atoms with Crippen LogP contribution in [0.25, 0.3) is 6.08 Å². The highest BCUT2D eigenvalue weighted by Gasteiger charge is 2.33. The molecule has 6 heteroatoms. The van der Waals surface area contributed by atoms with Crippen molar-refractivity contribution in [3.05, 3.63) is 107 Å². The smallest absolute Gasteiger partial charge is 0.268 e. The highest BCUT2D eigenvalue weighted by Crippen LogP contribution is 2.37. The molecule has 4 nitrogen and oxygen atoms in total. The fourth-order valence-corrected chi connectivity index (χ4v) is 4.48. The molecule has 1 saturated heterocycles. The normalized spacial score (nSPS) is 15.6. The maximum Gasteiger partial charge on any atom is 0.270 e. The van der Waals surface area contributed by atoms with Crippen LogP contribution in [-0.4, -0.2) is 10.2 Å². The fourth-order valence-electron chi connectivity index (χ4n) is 3.24. The molecule has 0 radical (unpaired) electrons. The third kappa shape index (κ3) is 4.93. The Bertz CT molecular complexity index is 1260. The average Bonchev–Trinajstić information content (AvgIpc) is 3.07. The van der Waals surface area contributed by atoms with Crippen molar-refractivity contribution in [3.8, 4) is 0 Å². The van der Waals surface area contributed by atoms with Crippen molar-refractivity contribution in [2.45, 2.75) is 13.8 Å². The fraction of sp³-hybridized carbons (Fsp3) is 0.0769. The number of nitrogens with zero attached hydrogens (tertiary/aromatic N) is 3. The van der Waals surface area contributed by atoms with E-state index in [0.29, 0.717) is 9.23 Å². The van der Waals surface area contributed by atoms with Crippen molar-refractivity contribution in [1.82, 2.24) is 0 Å². The maximum atomic E-state index is 13.0. The van der Waals surface area contributed by atoms with Gasteiger partial charge >= 0.3 is 0 Å². The summed E-state index contributed by atoms with van der Waals surface area (Å²) in [6, 6.07) is 23.4. The van der Waals surface area contributed by atoms with Gasteiger partial charge in [-0.25, -0.2) is 0 Å². The van der Waals surface area contributed by atoms with E-state index in [1.165, 1.54) is 11.8 Å². The van der Waals surface area contributed by atoms with Crippen molar-refractivity contribution in [3.63, 3.8) is 0 Å². The Morgan fingerprint density at radius 3 is 2.41 bits per heavy atom. The molecule has 0 bridgehead atoms. The van der Waals surface area contributed by atoms with Gasteiger partial charge in [0.15, 0.2) is 4.32 Å². The lowest BCUT2D eigenvalue weighted by atomic mass is 10.1. The summed E-state index contributed by atoms with van der Waals surface area (Å²) in [5, 5.41) is 8.69. The van der Waals surface area contributed by atoms with Crippen LogP contribution in [0.3, 0.4) is 0 Å². The maximum absolute atomic E-state index is 13.0. The number of amides is 1. The number of azo groups is 1. The van der Waals surface area contributed by atoms with Gasteiger partial charge in [0.1, 0.15) is 0 Å². The van der Waals surface area contributed by atoms with Gasteiger partial charge in [-0.2, -0.15) is 10.2 Å². The van der Waals surface area contributed by atoms with Crippen molar-refractivity contribution in [2.24, 2.45) is 10.2 Å². The molecular weight excluding hydrogens is 434 g/mol. The largest absolute Gasteiger partial charge is 0.270 e. The van der Waals surface area contributed by atoms with E-state index >= 15 is 0 Å². The second kappa shape index (κ2) is 9.85. The minimum absolute atomic E-state index is 0.116. The highest BCUT2D eigenvalue weighted by atomic mass is 32.2. The van der Waals surface area contributed by atoms with E-state index in [9.17, 15) is 4.79 Å². The molecule has 1 amide bonds. The SMILES string of the molecule is Cc1ccccc1N=Nc1ccc(N2C(=O)/C(=C/C=C\c3ccccc3)SC2=S)c(C)c1. The predicted molar refractivity (Wildman–Crippen MR) is 138 cm³/mol. The van der Waals surface area contributed by atoms with Crippen LogP contribution in [0.1, 0.15) is 16.7 Å². The molecule has 0 aliphatic carbocycles. The molecule has 32 heavy (non-hydrogen) atoms. The Hall–Kier alpha value is -3.35. The number of allylic oxidation sites excluding steroid dienone is 2. The number of hydrogen-bond donors (Lipinski definition) is 0. The number of benzene rings is 3. The molecule has 158 valence electrons. The first-order chi connectivity index (χ1) is 15.5. The summed E-state index contributed by atoms with van der Waals surface area (Å²) in [6.45, 7) is 3.94. The predicted octanol–water partition coefficient (Wildman–Crippen LogP) is 7.68. The minimum atomic E-state index is -0.116. The van der Waals surface area contributed by atoms with Gasteiger partial charge in [0, 0.05) is 0 Å². The van der Waals surface area contributed by atoms with Crippen molar-refractivity contribution < 1.29 is 4.79 Å². The summed E-state index contributed by atoms with van der Waals surface area (Å²) in [5.74, 6) is -0.116. The van der Waals surface area contributed by atoms with E-state index in [2.05, 4.69) is 10.2 Å². The Balaban J connectivity index is 1.52. The van der Waals surface area contributed by atoms with Gasteiger partial charge in [-0.1, -0.05) is 84.7 Å². The molecule has 1 heterocycles. The molecule has 4 rings (SSSR count). The van der Waals surface area contributed by atoms with Gasteiger partial charge in [-0.3, -0.25) is 9.69 Å². The lowest BCUT2D eigenvalue weighted by Gasteiger charge is -2.17. The van der Waals surface area contributed by atoms with E-state index in [1.54, 1.807) is 4.90 Å². The minimum Gasteiger partial charge on any atom is -0.268 e. The number of rotatable bonds is 5. The van der Waals surface area contributed by atoms with Gasteiger partial charge in [-0.15, -0.1) is 0 Å². The summed E-state index contributed by atoms with van der Waals surface area (Å²) >= 11 is 6.81. The van der Waals surface area contributed by atoms with Gasteiger partial charge < -0.3 is 0 Å². The molecule has 3 aromatic carbocycles. The summed E-state index contributed by atoms with van der Waals surface area (Å²) in [6.07, 6.45) is 5.65. The number of aryl methyl sites for hydroxylation is 2. The molecule has 1 aliphatic heterocycles. The molecule has 0 unspecified atom stereocenters. The zero-order valence-electron chi connectivity index (χ0n) is 17.7. The van der Waals surface area contributed by atoms with Crippen molar-refractivity contribution in [2.75, 3.05) is 4.90 Å². The molecule has 1 fully saturated rings. The zero-order chi connectivity index (χ0) is 22.5. The van der Waals surface area contributed by atoms with Crippen LogP contribution in [0, 0.1) is 13.8 Å². The highest BCUT2D eigenvalue weighted by molar-refractivity contribution is 8.27. The summed E-state index contributed by atoms with van der Waals surface area (Å²) in [4.78, 5) is 15.2. The van der Waals surface area contributed by atoms with Crippen molar-refractivity contribution >= 4 is 57.3 Å². The molecular formula is C26H21N3OS2. The monoisotopic (exact) mass is 455 g/mol. The Kier molecular flexibility index (Phi) is 6.73. The second-order valence-corrected chi connectivity index (χ2v) is 8.94. The average molecular weight is 456 g/mol. The quantitative estimate of drug-likeness (QED) is 0.225. The standard InChI is InChI=1S/C26H21N3OS2/c1-18-9-6-7-13-22(18)28-27-21-15-16-23(19(2)17-21)29-25(30)24(32-26(29)31)14-8-12-20-10-4-3-5-11-20/h3-17H,1-2H3/b12-8-,24-14-,28-27?. The third-order valence-electron chi connectivity index (χ3n) is 4.94. The van der Waals surface area contributed by atoms with Crippen LogP contribution in [0.2, 0.25) is 0 Å². The number of thioether (sulfide) groups is 1. The number of carbonyl (C=O) groups is 1. The molecule has 1 aliphatic rings. The second-order valence-electron chi connectivity index (χ2n) is 7.27. The first-order valence-electron chi connectivity index (χ1n) is 10.1. The number of anilines is 1. The van der Waals surface area contributed by atoms with Gasteiger partial charge in [0.25, 0.3) is 5.91 Å². The van der Waals surface area contributed by atoms with E-state index in [1.807, 2.05) is 105 Å². The summed E-state index contributed by atoms with van der Waals surface area (Å²) < 4.78 is 0.520.